The third-order valence-corrected chi connectivity index (χ3v) is 1.80. The van der Waals surface area contributed by atoms with Crippen LogP contribution >= 0.6 is 12.6 Å². The molecule has 1 aromatic carbocycles. The third-order valence-electron chi connectivity index (χ3n) is 1.61. The zero-order valence-electron chi connectivity index (χ0n) is 6.99. The third kappa shape index (κ3) is 2.60. The normalized spacial score (nSPS) is 12.1. The van der Waals surface area contributed by atoms with Gasteiger partial charge in [-0.25, -0.2) is 0 Å². The first kappa shape index (κ1) is 9.15. The maximum atomic E-state index is 8.55. The Balaban J connectivity index is 2.73. The van der Waals surface area contributed by atoms with Crippen LogP contribution in [-0.2, 0) is 6.42 Å². The Kier molecular flexibility index (Phi) is 3.19. The minimum atomic E-state index is 0.373. The van der Waals surface area contributed by atoms with Crippen LogP contribution in [0.2, 0.25) is 0 Å². The molecule has 1 nitrogen and oxygen atoms in total. The van der Waals surface area contributed by atoms with E-state index in [1.165, 1.54) is 5.56 Å². The van der Waals surface area contributed by atoms with E-state index in [9.17, 15) is 0 Å². The van der Waals surface area contributed by atoms with Gasteiger partial charge in [0.25, 0.3) is 0 Å². The van der Waals surface area contributed by atoms with Crippen LogP contribution in [0.1, 0.15) is 18.1 Å². The Morgan fingerprint density at radius 3 is 2.42 bits per heavy atom. The van der Waals surface area contributed by atoms with Gasteiger partial charge in [-0.05, 0) is 24.1 Å². The van der Waals surface area contributed by atoms with Crippen molar-refractivity contribution in [3.63, 3.8) is 0 Å². The van der Waals surface area contributed by atoms with Crippen LogP contribution in [0.25, 0.3) is 0 Å². The predicted molar refractivity (Wildman–Crippen MR) is 53.3 cm³/mol. The summed E-state index contributed by atoms with van der Waals surface area (Å²) < 4.78 is 0. The Bertz CT molecular complexity index is 282. The van der Waals surface area contributed by atoms with Crippen LogP contribution in [0.4, 0.5) is 0 Å². The minimum Gasteiger partial charge on any atom is -0.192 e. The van der Waals surface area contributed by atoms with Crippen molar-refractivity contribution in [1.82, 2.24) is 0 Å². The molecule has 1 unspecified atom stereocenters. The average Bonchev–Trinajstić information content (AvgIpc) is 2.05. The zero-order valence-corrected chi connectivity index (χ0v) is 7.88. The summed E-state index contributed by atoms with van der Waals surface area (Å²) in [6.07, 6.45) is 0.953. The van der Waals surface area contributed by atoms with Gasteiger partial charge < -0.3 is 0 Å². The molecule has 0 fully saturated rings. The Hall–Kier alpha value is -0.940. The van der Waals surface area contributed by atoms with Crippen molar-refractivity contribution in [2.24, 2.45) is 0 Å². The first-order valence-electron chi connectivity index (χ1n) is 3.89. The van der Waals surface area contributed by atoms with Gasteiger partial charge in [-0.15, -0.1) is 0 Å². The van der Waals surface area contributed by atoms with Gasteiger partial charge in [-0.1, -0.05) is 19.1 Å². The lowest BCUT2D eigenvalue weighted by atomic mass is 10.1. The molecule has 0 aliphatic rings. The van der Waals surface area contributed by atoms with Crippen molar-refractivity contribution in [3.05, 3.63) is 35.4 Å². The predicted octanol–water partition coefficient (Wildman–Crippen LogP) is 2.42. The van der Waals surface area contributed by atoms with Gasteiger partial charge in [0.05, 0.1) is 11.6 Å². The van der Waals surface area contributed by atoms with Crippen molar-refractivity contribution in [2.45, 2.75) is 18.6 Å². The van der Waals surface area contributed by atoms with Crippen LogP contribution in [0, 0.1) is 11.3 Å². The maximum Gasteiger partial charge on any atom is 0.0991 e. The number of nitriles is 1. The highest BCUT2D eigenvalue weighted by atomic mass is 32.1. The molecular weight excluding hydrogens is 166 g/mol. The zero-order chi connectivity index (χ0) is 8.97. The van der Waals surface area contributed by atoms with Crippen LogP contribution in [0.15, 0.2) is 24.3 Å². The summed E-state index contributed by atoms with van der Waals surface area (Å²) in [5, 5.41) is 8.92. The van der Waals surface area contributed by atoms with Crippen LogP contribution < -0.4 is 0 Å². The number of hydrogen-bond acceptors (Lipinski definition) is 2. The van der Waals surface area contributed by atoms with Gasteiger partial charge in [0.2, 0.25) is 0 Å². The highest BCUT2D eigenvalue weighted by Gasteiger charge is 1.97. The van der Waals surface area contributed by atoms with Gasteiger partial charge in [0.15, 0.2) is 0 Å². The summed E-state index contributed by atoms with van der Waals surface area (Å²) in [5.41, 5.74) is 1.95. The fourth-order valence-corrected chi connectivity index (χ4v) is 1.27. The van der Waals surface area contributed by atoms with Crippen LogP contribution in [0.3, 0.4) is 0 Å². The summed E-state index contributed by atoms with van der Waals surface area (Å²) in [6, 6.07) is 9.72. The van der Waals surface area contributed by atoms with E-state index in [0.29, 0.717) is 10.8 Å². The van der Waals surface area contributed by atoms with Gasteiger partial charge in [0.1, 0.15) is 0 Å². The molecule has 1 atom stereocenters. The van der Waals surface area contributed by atoms with Crippen LogP contribution in [0.5, 0.6) is 0 Å². The Morgan fingerprint density at radius 2 is 2.00 bits per heavy atom. The van der Waals surface area contributed by atoms with E-state index in [0.717, 1.165) is 6.42 Å². The highest BCUT2D eigenvalue weighted by Crippen LogP contribution is 2.08. The Labute approximate surface area is 78.4 Å². The molecule has 12 heavy (non-hydrogen) atoms. The van der Waals surface area contributed by atoms with E-state index in [4.69, 9.17) is 5.26 Å². The second-order valence-corrected chi connectivity index (χ2v) is 3.74. The van der Waals surface area contributed by atoms with Crippen molar-refractivity contribution < 1.29 is 0 Å². The van der Waals surface area contributed by atoms with Gasteiger partial charge in [-0.2, -0.15) is 17.9 Å². The topological polar surface area (TPSA) is 23.8 Å². The summed E-state index contributed by atoms with van der Waals surface area (Å²) in [6.45, 7) is 2.06. The van der Waals surface area contributed by atoms with Crippen molar-refractivity contribution in [3.8, 4) is 6.07 Å². The summed E-state index contributed by atoms with van der Waals surface area (Å²) in [5.74, 6) is 0. The largest absolute Gasteiger partial charge is 0.192 e. The van der Waals surface area contributed by atoms with E-state index in [1.807, 2.05) is 24.3 Å². The molecule has 0 bridgehead atoms. The average molecular weight is 177 g/mol. The lowest BCUT2D eigenvalue weighted by Gasteiger charge is -2.02. The molecule has 0 heterocycles. The van der Waals surface area contributed by atoms with E-state index in [-0.39, 0.29) is 0 Å². The lowest BCUT2D eigenvalue weighted by Crippen LogP contribution is -1.96. The molecule has 0 aromatic heterocycles. The van der Waals surface area contributed by atoms with Crippen molar-refractivity contribution in [2.75, 3.05) is 0 Å². The first-order chi connectivity index (χ1) is 5.72. The molecule has 0 N–H and O–H groups in total. The minimum absolute atomic E-state index is 0.373. The number of benzene rings is 1. The number of thiol groups is 1. The molecule has 2 heteroatoms. The second-order valence-electron chi connectivity index (χ2n) is 2.86. The van der Waals surface area contributed by atoms with E-state index in [2.05, 4.69) is 25.6 Å². The molecule has 1 aromatic rings. The fraction of sp³-hybridized carbons (Fsp3) is 0.300. The van der Waals surface area contributed by atoms with Gasteiger partial charge in [0, 0.05) is 5.25 Å². The standard InChI is InChI=1S/C10H11NS/c1-8(12)6-9-2-4-10(7-11)5-3-9/h2-5,8,12H,6H2,1H3. The van der Waals surface area contributed by atoms with Gasteiger partial charge >= 0.3 is 0 Å². The monoisotopic (exact) mass is 177 g/mol. The molecule has 0 saturated heterocycles. The van der Waals surface area contributed by atoms with Crippen LogP contribution in [-0.4, -0.2) is 5.25 Å². The lowest BCUT2D eigenvalue weighted by molar-refractivity contribution is 0.950. The summed E-state index contributed by atoms with van der Waals surface area (Å²) in [4.78, 5) is 0. The molecule has 0 aliphatic carbocycles. The molecule has 62 valence electrons. The summed E-state index contributed by atoms with van der Waals surface area (Å²) in [7, 11) is 0. The fourth-order valence-electron chi connectivity index (χ4n) is 1.06. The smallest absolute Gasteiger partial charge is 0.0991 e. The number of hydrogen-bond donors (Lipinski definition) is 1. The maximum absolute atomic E-state index is 8.55. The number of rotatable bonds is 2. The second kappa shape index (κ2) is 4.18. The quantitative estimate of drug-likeness (QED) is 0.689. The molecule has 1 rings (SSSR count). The van der Waals surface area contributed by atoms with Crippen molar-refractivity contribution >= 4 is 12.6 Å². The molecule has 0 radical (unpaired) electrons. The van der Waals surface area contributed by atoms with Gasteiger partial charge in [-0.3, -0.25) is 0 Å². The van der Waals surface area contributed by atoms with E-state index >= 15 is 0 Å². The molecular formula is C10H11NS. The molecule has 0 aliphatic heterocycles. The SMILES string of the molecule is CC(S)Cc1ccc(C#N)cc1. The summed E-state index contributed by atoms with van der Waals surface area (Å²) >= 11 is 4.29. The highest BCUT2D eigenvalue weighted by molar-refractivity contribution is 7.80. The molecule has 0 spiro atoms. The van der Waals surface area contributed by atoms with E-state index < -0.39 is 0 Å². The first-order valence-corrected chi connectivity index (χ1v) is 4.41. The number of nitrogens with zero attached hydrogens (tertiary/aromatic N) is 1. The van der Waals surface area contributed by atoms with E-state index in [1.54, 1.807) is 0 Å². The van der Waals surface area contributed by atoms with Crippen molar-refractivity contribution in [1.29, 1.82) is 5.26 Å². The molecule has 0 amide bonds. The Morgan fingerprint density at radius 1 is 1.42 bits per heavy atom. The molecule has 0 saturated carbocycles.